The molecule has 1 atom stereocenters. The van der Waals surface area contributed by atoms with Crippen LogP contribution in [0.5, 0.6) is 0 Å². The molecule has 0 aliphatic carbocycles. The van der Waals surface area contributed by atoms with Crippen LogP contribution in [0.4, 0.5) is 8.78 Å². The summed E-state index contributed by atoms with van der Waals surface area (Å²) in [6.07, 6.45) is 4.33. The largest absolute Gasteiger partial charge is 0.396 e. The Labute approximate surface area is 169 Å². The number of hydrogen-bond acceptors (Lipinski definition) is 5. The molecule has 0 radical (unpaired) electrons. The van der Waals surface area contributed by atoms with Gasteiger partial charge < -0.3 is 10.2 Å². The highest BCUT2D eigenvalue weighted by molar-refractivity contribution is 6.11. The van der Waals surface area contributed by atoms with E-state index in [4.69, 9.17) is 4.84 Å². The Balaban J connectivity index is 1.49. The Morgan fingerprint density at radius 2 is 2.14 bits per heavy atom. The average molecular weight is 400 g/mol. The topological polar surface area (TPSA) is 49.8 Å². The van der Waals surface area contributed by atoms with Crippen molar-refractivity contribution >= 4 is 5.71 Å². The van der Waals surface area contributed by atoms with Gasteiger partial charge in [0.05, 0.1) is 5.69 Å². The first-order valence-corrected chi connectivity index (χ1v) is 10.1. The van der Waals surface area contributed by atoms with Crippen LogP contribution in [0.1, 0.15) is 36.6 Å². The Hall–Kier alpha value is -2.38. The number of pyridine rings is 1. The third-order valence-corrected chi connectivity index (χ3v) is 5.80. The van der Waals surface area contributed by atoms with E-state index in [-0.39, 0.29) is 0 Å². The molecule has 154 valence electrons. The van der Waals surface area contributed by atoms with E-state index in [1.165, 1.54) is 18.9 Å². The summed E-state index contributed by atoms with van der Waals surface area (Å²) >= 11 is 0. The van der Waals surface area contributed by atoms with Gasteiger partial charge in [0, 0.05) is 31.4 Å². The lowest BCUT2D eigenvalue weighted by molar-refractivity contribution is 0.159. The molecule has 2 saturated heterocycles. The normalized spacial score (nSPS) is 22.5. The van der Waals surface area contributed by atoms with Crippen LogP contribution in [0.2, 0.25) is 0 Å². The first-order valence-electron chi connectivity index (χ1n) is 10.1. The van der Waals surface area contributed by atoms with Crippen molar-refractivity contribution in [2.75, 3.05) is 32.8 Å². The minimum absolute atomic E-state index is 0.372. The molecule has 0 saturated carbocycles. The minimum Gasteiger partial charge on any atom is -0.396 e. The number of benzene rings is 1. The Morgan fingerprint density at radius 1 is 1.24 bits per heavy atom. The van der Waals surface area contributed by atoms with Gasteiger partial charge in [-0.05, 0) is 68.1 Å². The predicted octanol–water partition coefficient (Wildman–Crippen LogP) is 3.33. The summed E-state index contributed by atoms with van der Waals surface area (Å²) in [7, 11) is 0. The third kappa shape index (κ3) is 4.46. The molecule has 2 aromatic rings. The summed E-state index contributed by atoms with van der Waals surface area (Å²) in [6.45, 7) is 7.51. The molecule has 1 aromatic carbocycles. The average Bonchev–Trinajstić information content (AvgIpc) is 3.35. The summed E-state index contributed by atoms with van der Waals surface area (Å²) < 4.78 is 27.0. The molecule has 0 bridgehead atoms. The molecule has 7 heteroatoms. The molecule has 1 spiro atoms. The van der Waals surface area contributed by atoms with E-state index >= 15 is 0 Å². The van der Waals surface area contributed by atoms with E-state index in [0.717, 1.165) is 50.4 Å². The summed E-state index contributed by atoms with van der Waals surface area (Å²) in [5.41, 5.74) is 2.93. The van der Waals surface area contributed by atoms with E-state index < -0.39 is 11.6 Å². The van der Waals surface area contributed by atoms with Gasteiger partial charge in [0.2, 0.25) is 0 Å². The zero-order valence-corrected chi connectivity index (χ0v) is 16.6. The molecule has 0 amide bonds. The first-order chi connectivity index (χ1) is 14.1. The van der Waals surface area contributed by atoms with Crippen LogP contribution in [0.3, 0.4) is 0 Å². The number of aromatic nitrogens is 1. The molecule has 4 rings (SSSR count). The van der Waals surface area contributed by atoms with E-state index in [1.807, 2.05) is 25.3 Å². The van der Waals surface area contributed by atoms with Gasteiger partial charge in [0.25, 0.3) is 0 Å². The number of halogens is 2. The molecule has 1 N–H and O–H groups in total. The molecule has 2 aliphatic rings. The summed E-state index contributed by atoms with van der Waals surface area (Å²) in [5.74, 6) is -1.82. The lowest BCUT2D eigenvalue weighted by Gasteiger charge is -2.22. The van der Waals surface area contributed by atoms with Gasteiger partial charge in [0.1, 0.15) is 12.3 Å². The quantitative estimate of drug-likeness (QED) is 0.597. The molecule has 2 aliphatic heterocycles. The van der Waals surface area contributed by atoms with Crippen molar-refractivity contribution in [3.63, 3.8) is 0 Å². The molecular formula is C22H26F2N4O. The van der Waals surface area contributed by atoms with Gasteiger partial charge in [-0.2, -0.15) is 0 Å². The van der Waals surface area contributed by atoms with Crippen molar-refractivity contribution in [3.8, 4) is 0 Å². The van der Waals surface area contributed by atoms with Crippen molar-refractivity contribution < 1.29 is 13.6 Å². The number of nitrogens with one attached hydrogen (secondary N) is 1. The maximum Gasteiger partial charge on any atom is 0.159 e. The fourth-order valence-corrected chi connectivity index (χ4v) is 4.24. The van der Waals surface area contributed by atoms with Crippen LogP contribution in [-0.2, 0) is 11.4 Å². The summed E-state index contributed by atoms with van der Waals surface area (Å²) in [6, 6.07) is 7.55. The highest BCUT2D eigenvalue weighted by Crippen LogP contribution is 2.36. The Morgan fingerprint density at radius 3 is 2.83 bits per heavy atom. The smallest absolute Gasteiger partial charge is 0.159 e. The van der Waals surface area contributed by atoms with Gasteiger partial charge in [-0.3, -0.25) is 9.88 Å². The monoisotopic (exact) mass is 400 g/mol. The molecule has 2 fully saturated rings. The van der Waals surface area contributed by atoms with Crippen LogP contribution in [-0.4, -0.2) is 48.4 Å². The van der Waals surface area contributed by atoms with Crippen LogP contribution in [0, 0.1) is 17.0 Å². The highest BCUT2D eigenvalue weighted by Gasteiger charge is 2.40. The van der Waals surface area contributed by atoms with Crippen LogP contribution in [0.15, 0.2) is 41.7 Å². The van der Waals surface area contributed by atoms with Crippen LogP contribution < -0.4 is 5.32 Å². The Kier molecular flexibility index (Phi) is 5.87. The second kappa shape index (κ2) is 8.55. The molecule has 5 nitrogen and oxygen atoms in total. The van der Waals surface area contributed by atoms with Crippen LogP contribution >= 0.6 is 0 Å². The third-order valence-electron chi connectivity index (χ3n) is 5.80. The number of likely N-dealkylation sites (tertiary alicyclic amines) is 1. The number of oxime groups is 1. The second-order valence-corrected chi connectivity index (χ2v) is 7.93. The SMILES string of the molecule is CCO/N=C(\c1ccc(F)c(F)c1)c1ccc(CN2CCC3(CCNC3)C2)cn1. The number of rotatable bonds is 6. The fraction of sp³-hybridized carbons (Fsp3) is 0.455. The summed E-state index contributed by atoms with van der Waals surface area (Å²) in [5, 5.41) is 7.57. The maximum atomic E-state index is 13.7. The van der Waals surface area contributed by atoms with E-state index in [1.54, 1.807) is 0 Å². The molecule has 1 aromatic heterocycles. The first kappa shape index (κ1) is 19.9. The lowest BCUT2D eigenvalue weighted by atomic mass is 9.87. The van der Waals surface area contributed by atoms with E-state index in [2.05, 4.69) is 20.4 Å². The Bertz CT molecular complexity index is 879. The van der Waals surface area contributed by atoms with E-state index in [9.17, 15) is 8.78 Å². The van der Waals surface area contributed by atoms with Crippen LogP contribution in [0.25, 0.3) is 0 Å². The zero-order valence-electron chi connectivity index (χ0n) is 16.6. The van der Waals surface area contributed by atoms with E-state index in [0.29, 0.717) is 29.0 Å². The van der Waals surface area contributed by atoms with Crippen molar-refractivity contribution in [1.82, 2.24) is 15.2 Å². The maximum absolute atomic E-state index is 13.7. The number of hydrogen-bond donors (Lipinski definition) is 1. The molecule has 29 heavy (non-hydrogen) atoms. The van der Waals surface area contributed by atoms with Gasteiger partial charge in [-0.15, -0.1) is 0 Å². The predicted molar refractivity (Wildman–Crippen MR) is 108 cm³/mol. The molecule has 1 unspecified atom stereocenters. The standard InChI is InChI=1S/C22H26F2N4O/c1-2-29-27-21(17-4-5-18(23)19(24)11-17)20-6-3-16(12-26-20)13-28-10-8-22(15-28)7-9-25-14-22/h3-6,11-12,25H,2,7-10,13-15H2,1H3/b27-21+. The minimum atomic E-state index is -0.923. The van der Waals surface area contributed by atoms with Gasteiger partial charge in [-0.25, -0.2) is 8.78 Å². The molecular weight excluding hydrogens is 374 g/mol. The second-order valence-electron chi connectivity index (χ2n) is 7.93. The van der Waals surface area contributed by atoms with Crippen molar-refractivity contribution in [2.24, 2.45) is 10.6 Å². The highest BCUT2D eigenvalue weighted by atomic mass is 19.2. The fourth-order valence-electron chi connectivity index (χ4n) is 4.24. The summed E-state index contributed by atoms with van der Waals surface area (Å²) in [4.78, 5) is 12.2. The van der Waals surface area contributed by atoms with Crippen molar-refractivity contribution in [1.29, 1.82) is 0 Å². The zero-order chi connectivity index (χ0) is 20.3. The lowest BCUT2D eigenvalue weighted by Crippen LogP contribution is -2.29. The molecule has 3 heterocycles. The van der Waals surface area contributed by atoms with Gasteiger partial charge >= 0.3 is 0 Å². The van der Waals surface area contributed by atoms with Crippen molar-refractivity contribution in [3.05, 3.63) is 65.0 Å². The van der Waals surface area contributed by atoms with Gasteiger partial charge in [-0.1, -0.05) is 11.2 Å². The number of nitrogens with zero attached hydrogens (tertiary/aromatic N) is 3. The van der Waals surface area contributed by atoms with Crippen molar-refractivity contribution in [2.45, 2.75) is 26.3 Å². The van der Waals surface area contributed by atoms with Gasteiger partial charge in [0.15, 0.2) is 11.6 Å².